The molecule has 2 aromatic heterocycles. The minimum absolute atomic E-state index is 0.164. The number of carbonyl (C=O) groups excluding carboxylic acids is 1. The zero-order chi connectivity index (χ0) is 16.8. The van der Waals surface area contributed by atoms with Crippen molar-refractivity contribution in [1.82, 2.24) is 20.6 Å². The van der Waals surface area contributed by atoms with E-state index in [0.717, 1.165) is 16.8 Å². The number of nitrogens with zero attached hydrogens (tertiary/aromatic N) is 1. The van der Waals surface area contributed by atoms with Crippen LogP contribution in [-0.4, -0.2) is 23.1 Å². The van der Waals surface area contributed by atoms with Gasteiger partial charge in [-0.2, -0.15) is 0 Å². The maximum Gasteiger partial charge on any atom is 0.315 e. The highest BCUT2D eigenvalue weighted by atomic mass is 16.5. The van der Waals surface area contributed by atoms with Crippen LogP contribution in [-0.2, 0) is 13.1 Å². The predicted octanol–water partition coefficient (Wildman–Crippen LogP) is 1.39. The van der Waals surface area contributed by atoms with E-state index in [1.807, 2.05) is 26.0 Å². The van der Waals surface area contributed by atoms with E-state index in [2.05, 4.69) is 20.6 Å². The molecule has 0 aromatic carbocycles. The van der Waals surface area contributed by atoms with Crippen LogP contribution in [0, 0.1) is 13.8 Å². The first kappa shape index (κ1) is 16.5. The maximum absolute atomic E-state index is 11.9. The van der Waals surface area contributed by atoms with Gasteiger partial charge in [-0.15, -0.1) is 0 Å². The molecular formula is C16H20N4O3. The lowest BCUT2D eigenvalue weighted by atomic mass is 10.1. The average molecular weight is 316 g/mol. The molecule has 3 N–H and O–H groups in total. The minimum Gasteiger partial charge on any atom is -0.481 e. The number of rotatable bonds is 5. The molecule has 122 valence electrons. The third-order valence-electron chi connectivity index (χ3n) is 3.40. The molecule has 2 amide bonds. The third kappa shape index (κ3) is 4.32. The maximum atomic E-state index is 11.9. The number of aromatic amines is 1. The zero-order valence-corrected chi connectivity index (χ0v) is 13.4. The lowest BCUT2D eigenvalue weighted by Crippen LogP contribution is -2.36. The summed E-state index contributed by atoms with van der Waals surface area (Å²) in [6.45, 7) is 4.11. The smallest absolute Gasteiger partial charge is 0.315 e. The van der Waals surface area contributed by atoms with Gasteiger partial charge >= 0.3 is 6.03 Å². The van der Waals surface area contributed by atoms with Gasteiger partial charge in [0.25, 0.3) is 5.56 Å². The zero-order valence-electron chi connectivity index (χ0n) is 13.4. The van der Waals surface area contributed by atoms with E-state index in [1.165, 1.54) is 7.11 Å². The highest BCUT2D eigenvalue weighted by Crippen LogP contribution is 2.12. The molecule has 0 bridgehead atoms. The Morgan fingerprint density at radius 3 is 2.74 bits per heavy atom. The Bertz CT molecular complexity index is 755. The van der Waals surface area contributed by atoms with Gasteiger partial charge in [0.2, 0.25) is 5.88 Å². The van der Waals surface area contributed by atoms with Crippen molar-refractivity contribution >= 4 is 6.03 Å². The molecule has 0 aliphatic rings. The number of H-pyrrole nitrogens is 1. The number of aryl methyl sites for hydroxylation is 2. The van der Waals surface area contributed by atoms with E-state index < -0.39 is 0 Å². The van der Waals surface area contributed by atoms with Crippen molar-refractivity contribution in [3.05, 3.63) is 57.1 Å². The summed E-state index contributed by atoms with van der Waals surface area (Å²) in [4.78, 5) is 30.6. The predicted molar refractivity (Wildman–Crippen MR) is 86.4 cm³/mol. The molecule has 2 rings (SSSR count). The summed E-state index contributed by atoms with van der Waals surface area (Å²) in [6, 6.07) is 5.10. The van der Waals surface area contributed by atoms with Crippen molar-refractivity contribution in [2.45, 2.75) is 26.9 Å². The topological polar surface area (TPSA) is 96.1 Å². The van der Waals surface area contributed by atoms with E-state index in [4.69, 9.17) is 4.74 Å². The van der Waals surface area contributed by atoms with Gasteiger partial charge in [0, 0.05) is 29.6 Å². The molecule has 0 saturated heterocycles. The Kier molecular flexibility index (Phi) is 5.35. The van der Waals surface area contributed by atoms with E-state index in [-0.39, 0.29) is 24.7 Å². The summed E-state index contributed by atoms with van der Waals surface area (Å²) in [5.41, 5.74) is 2.78. The van der Waals surface area contributed by atoms with Crippen molar-refractivity contribution in [3.63, 3.8) is 0 Å². The fourth-order valence-electron chi connectivity index (χ4n) is 2.25. The third-order valence-corrected chi connectivity index (χ3v) is 3.40. The van der Waals surface area contributed by atoms with Crippen LogP contribution in [0.4, 0.5) is 4.79 Å². The first-order chi connectivity index (χ1) is 11.0. The summed E-state index contributed by atoms with van der Waals surface area (Å²) in [7, 11) is 1.53. The molecule has 7 nitrogen and oxygen atoms in total. The number of hydrogen-bond acceptors (Lipinski definition) is 4. The second kappa shape index (κ2) is 7.44. The number of hydrogen-bond donors (Lipinski definition) is 3. The fraction of sp³-hybridized carbons (Fsp3) is 0.312. The summed E-state index contributed by atoms with van der Waals surface area (Å²) in [6.07, 6.45) is 1.62. The highest BCUT2D eigenvalue weighted by molar-refractivity contribution is 5.73. The Hall–Kier alpha value is -2.83. The average Bonchev–Trinajstić information content (AvgIpc) is 2.52. The number of methoxy groups -OCH3 is 1. The normalized spacial score (nSPS) is 10.2. The minimum atomic E-state index is -0.365. The highest BCUT2D eigenvalue weighted by Gasteiger charge is 2.09. The molecule has 2 aromatic rings. The molecular weight excluding hydrogens is 296 g/mol. The first-order valence-corrected chi connectivity index (χ1v) is 7.20. The molecule has 0 spiro atoms. The van der Waals surface area contributed by atoms with Crippen molar-refractivity contribution in [2.75, 3.05) is 7.11 Å². The van der Waals surface area contributed by atoms with Gasteiger partial charge in [0.1, 0.15) is 0 Å². The summed E-state index contributed by atoms with van der Waals surface area (Å²) in [5, 5.41) is 5.39. The van der Waals surface area contributed by atoms with Gasteiger partial charge in [-0.05, 0) is 31.5 Å². The molecule has 7 heteroatoms. The van der Waals surface area contributed by atoms with Crippen LogP contribution in [0.2, 0.25) is 0 Å². The molecule has 23 heavy (non-hydrogen) atoms. The van der Waals surface area contributed by atoms with Crippen LogP contribution < -0.4 is 20.9 Å². The number of aromatic nitrogens is 2. The molecule has 2 heterocycles. The van der Waals surface area contributed by atoms with Crippen LogP contribution >= 0.6 is 0 Å². The van der Waals surface area contributed by atoms with Gasteiger partial charge in [-0.1, -0.05) is 6.07 Å². The number of carbonyl (C=O) groups is 1. The van der Waals surface area contributed by atoms with E-state index in [1.54, 1.807) is 12.3 Å². The number of urea groups is 1. The molecule has 0 radical (unpaired) electrons. The number of nitrogens with one attached hydrogen (secondary N) is 3. The van der Waals surface area contributed by atoms with Crippen molar-refractivity contribution in [3.8, 4) is 5.88 Å². The van der Waals surface area contributed by atoms with Gasteiger partial charge in [0.15, 0.2) is 0 Å². The van der Waals surface area contributed by atoms with Crippen LogP contribution in [0.25, 0.3) is 0 Å². The van der Waals surface area contributed by atoms with Crippen LogP contribution in [0.5, 0.6) is 5.88 Å². The summed E-state index contributed by atoms with van der Waals surface area (Å²) >= 11 is 0. The Labute approximate surface area is 134 Å². The summed E-state index contributed by atoms with van der Waals surface area (Å²) < 4.78 is 5.12. The first-order valence-electron chi connectivity index (χ1n) is 7.20. The Balaban J connectivity index is 1.92. The second-order valence-electron chi connectivity index (χ2n) is 5.15. The molecule has 0 aliphatic heterocycles. The van der Waals surface area contributed by atoms with Crippen LogP contribution in [0.1, 0.15) is 22.4 Å². The second-order valence-corrected chi connectivity index (χ2v) is 5.15. The number of ether oxygens (including phenoxy) is 1. The monoisotopic (exact) mass is 316 g/mol. The summed E-state index contributed by atoms with van der Waals surface area (Å²) in [5.74, 6) is 0.471. The lowest BCUT2D eigenvalue weighted by molar-refractivity contribution is 0.240. The van der Waals surface area contributed by atoms with Crippen molar-refractivity contribution < 1.29 is 9.53 Å². The number of pyridine rings is 2. The van der Waals surface area contributed by atoms with Gasteiger partial charge in [-0.3, -0.25) is 4.79 Å². The van der Waals surface area contributed by atoms with E-state index in [9.17, 15) is 9.59 Å². The van der Waals surface area contributed by atoms with Gasteiger partial charge in [0.05, 0.1) is 13.7 Å². The molecule has 0 aliphatic carbocycles. The Morgan fingerprint density at radius 1 is 1.30 bits per heavy atom. The van der Waals surface area contributed by atoms with Gasteiger partial charge < -0.3 is 20.4 Å². The van der Waals surface area contributed by atoms with Crippen LogP contribution in [0.15, 0.2) is 29.2 Å². The Morgan fingerprint density at radius 2 is 2.04 bits per heavy atom. The molecule has 0 atom stereocenters. The molecule has 0 unspecified atom stereocenters. The van der Waals surface area contributed by atoms with Gasteiger partial charge in [-0.25, -0.2) is 9.78 Å². The van der Waals surface area contributed by atoms with E-state index >= 15 is 0 Å². The number of amides is 2. The largest absolute Gasteiger partial charge is 0.481 e. The SMILES string of the molecule is COc1ncccc1CNC(=O)NCc1c(C)cc(C)[nH]c1=O. The quantitative estimate of drug-likeness (QED) is 0.777. The molecule has 0 fully saturated rings. The molecule has 0 saturated carbocycles. The van der Waals surface area contributed by atoms with E-state index in [0.29, 0.717) is 11.4 Å². The lowest BCUT2D eigenvalue weighted by Gasteiger charge is -2.11. The van der Waals surface area contributed by atoms with Crippen LogP contribution in [0.3, 0.4) is 0 Å². The van der Waals surface area contributed by atoms with Crippen molar-refractivity contribution in [2.24, 2.45) is 0 Å². The van der Waals surface area contributed by atoms with Crippen molar-refractivity contribution in [1.29, 1.82) is 0 Å². The standard InChI is InChI=1S/C16H20N4O3/c1-10-7-11(2)20-14(21)13(10)9-19-16(22)18-8-12-5-4-6-17-15(12)23-3/h4-7H,8-9H2,1-3H3,(H,20,21)(H2,18,19,22). The fourth-order valence-corrected chi connectivity index (χ4v) is 2.25.